The van der Waals surface area contributed by atoms with Crippen LogP contribution in [0.4, 0.5) is 5.69 Å². The molecule has 3 aromatic carbocycles. The zero-order chi connectivity index (χ0) is 24.2. The number of anilines is 1. The number of amides is 1. The Morgan fingerprint density at radius 1 is 0.909 bits per heavy atom. The van der Waals surface area contributed by atoms with Crippen molar-refractivity contribution in [2.45, 2.75) is 53.1 Å². The monoisotopic (exact) mass is 445 g/mol. The van der Waals surface area contributed by atoms with E-state index in [1.54, 1.807) is 31.2 Å². The summed E-state index contributed by atoms with van der Waals surface area (Å²) in [6.07, 6.45) is -0.791. The molecule has 0 aliphatic rings. The summed E-state index contributed by atoms with van der Waals surface area (Å²) in [6, 6.07) is 20.0. The second-order valence-electron chi connectivity index (χ2n) is 9.22. The third-order valence-corrected chi connectivity index (χ3v) is 5.31. The van der Waals surface area contributed by atoms with Crippen LogP contribution in [0.25, 0.3) is 0 Å². The zero-order valence-electron chi connectivity index (χ0n) is 20.1. The van der Waals surface area contributed by atoms with Gasteiger partial charge in [0.25, 0.3) is 5.91 Å². The van der Waals surface area contributed by atoms with Gasteiger partial charge in [0, 0.05) is 11.3 Å². The van der Waals surface area contributed by atoms with Gasteiger partial charge in [0.1, 0.15) is 11.5 Å². The molecule has 0 fully saturated rings. The maximum absolute atomic E-state index is 12.6. The molecule has 0 saturated carbocycles. The quantitative estimate of drug-likeness (QED) is 0.361. The van der Waals surface area contributed by atoms with Crippen LogP contribution < -0.4 is 14.8 Å². The number of carbonyl (C=O) groups is 2. The summed E-state index contributed by atoms with van der Waals surface area (Å²) >= 11 is 0. The lowest BCUT2D eigenvalue weighted by molar-refractivity contribution is -0.141. The number of ether oxygens (including phenoxy) is 2. The normalized spacial score (nSPS) is 12.1. The van der Waals surface area contributed by atoms with Gasteiger partial charge < -0.3 is 14.8 Å². The van der Waals surface area contributed by atoms with E-state index in [0.717, 1.165) is 22.4 Å². The summed E-state index contributed by atoms with van der Waals surface area (Å²) in [5, 5.41) is 2.92. The molecule has 3 aromatic rings. The van der Waals surface area contributed by atoms with E-state index in [1.165, 1.54) is 0 Å². The highest BCUT2D eigenvalue weighted by atomic mass is 16.6. The molecule has 0 saturated heterocycles. The molecule has 0 bridgehead atoms. The first kappa shape index (κ1) is 24.1. The summed E-state index contributed by atoms with van der Waals surface area (Å²) in [6.45, 7) is 11.9. The lowest BCUT2D eigenvalue weighted by Crippen LogP contribution is -2.29. The van der Waals surface area contributed by atoms with E-state index in [4.69, 9.17) is 9.47 Å². The van der Waals surface area contributed by atoms with Crippen LogP contribution in [0.1, 0.15) is 54.7 Å². The Bertz CT molecular complexity index is 1140. The minimum atomic E-state index is -0.791. The molecule has 33 heavy (non-hydrogen) atoms. The van der Waals surface area contributed by atoms with E-state index in [-0.39, 0.29) is 11.3 Å². The Kier molecular flexibility index (Phi) is 7.22. The average molecular weight is 446 g/mol. The Morgan fingerprint density at radius 3 is 2.24 bits per heavy atom. The lowest BCUT2D eigenvalue weighted by atomic mass is 9.86. The highest BCUT2D eigenvalue weighted by Crippen LogP contribution is 2.31. The van der Waals surface area contributed by atoms with Crippen molar-refractivity contribution < 1.29 is 19.1 Å². The minimum Gasteiger partial charge on any atom is -0.479 e. The molecular formula is C28H31NO4. The SMILES string of the molecule is Cc1ccc(C)c(NC(=O)c2ccc(OC(=O)C(C)Oc3ccccc3C(C)(C)C)cc2)c1. The van der Waals surface area contributed by atoms with Crippen molar-refractivity contribution in [3.63, 3.8) is 0 Å². The number of para-hydroxylation sites is 1. The predicted octanol–water partition coefficient (Wildman–Crippen LogP) is 6.23. The molecule has 0 radical (unpaired) electrons. The van der Waals surface area contributed by atoms with E-state index < -0.39 is 12.1 Å². The standard InChI is InChI=1S/C28H31NO4/c1-18-11-12-19(2)24(17-18)29-26(30)21-13-15-22(16-14-21)33-27(31)20(3)32-25-10-8-7-9-23(25)28(4,5)6/h7-17,20H,1-6H3,(H,29,30). The van der Waals surface area contributed by atoms with E-state index in [2.05, 4.69) is 26.1 Å². The van der Waals surface area contributed by atoms with Gasteiger partial charge in [-0.15, -0.1) is 0 Å². The first-order valence-corrected chi connectivity index (χ1v) is 11.0. The highest BCUT2D eigenvalue weighted by molar-refractivity contribution is 6.04. The molecule has 1 amide bonds. The summed E-state index contributed by atoms with van der Waals surface area (Å²) in [7, 11) is 0. The number of carbonyl (C=O) groups excluding carboxylic acids is 2. The fourth-order valence-corrected chi connectivity index (χ4v) is 3.37. The Labute approximate surface area is 195 Å². The molecule has 1 atom stereocenters. The molecule has 5 heteroatoms. The number of esters is 1. The topological polar surface area (TPSA) is 64.6 Å². The molecule has 0 spiro atoms. The van der Waals surface area contributed by atoms with Crippen molar-refractivity contribution >= 4 is 17.6 Å². The largest absolute Gasteiger partial charge is 0.479 e. The van der Waals surface area contributed by atoms with Crippen LogP contribution in [0, 0.1) is 13.8 Å². The molecule has 0 aliphatic heterocycles. The molecule has 0 aromatic heterocycles. The van der Waals surface area contributed by atoms with Gasteiger partial charge >= 0.3 is 5.97 Å². The van der Waals surface area contributed by atoms with Crippen LogP contribution >= 0.6 is 0 Å². The zero-order valence-corrected chi connectivity index (χ0v) is 20.1. The number of rotatable bonds is 6. The van der Waals surface area contributed by atoms with Crippen molar-refractivity contribution in [3.05, 3.63) is 89.0 Å². The second kappa shape index (κ2) is 9.90. The van der Waals surface area contributed by atoms with E-state index in [0.29, 0.717) is 17.1 Å². The summed E-state index contributed by atoms with van der Waals surface area (Å²) in [5.74, 6) is 0.277. The summed E-state index contributed by atoms with van der Waals surface area (Å²) in [5.41, 5.74) is 4.20. The Hall–Kier alpha value is -3.60. The van der Waals surface area contributed by atoms with Crippen LogP contribution in [0.15, 0.2) is 66.7 Å². The van der Waals surface area contributed by atoms with Gasteiger partial charge in [-0.3, -0.25) is 4.79 Å². The predicted molar refractivity (Wildman–Crippen MR) is 131 cm³/mol. The minimum absolute atomic E-state index is 0.117. The van der Waals surface area contributed by atoms with Gasteiger partial charge in [0.05, 0.1) is 0 Å². The molecule has 5 nitrogen and oxygen atoms in total. The van der Waals surface area contributed by atoms with Crippen LogP contribution in [0.2, 0.25) is 0 Å². The smallest absolute Gasteiger partial charge is 0.352 e. The highest BCUT2D eigenvalue weighted by Gasteiger charge is 2.23. The van der Waals surface area contributed by atoms with Gasteiger partial charge in [-0.2, -0.15) is 0 Å². The Balaban J connectivity index is 1.63. The second-order valence-corrected chi connectivity index (χ2v) is 9.22. The number of nitrogens with one attached hydrogen (secondary N) is 1. The maximum atomic E-state index is 12.6. The molecule has 172 valence electrons. The van der Waals surface area contributed by atoms with Crippen LogP contribution in [0.3, 0.4) is 0 Å². The third kappa shape index (κ3) is 6.22. The first-order chi connectivity index (χ1) is 15.5. The lowest BCUT2D eigenvalue weighted by Gasteiger charge is -2.24. The number of hydrogen-bond donors (Lipinski definition) is 1. The van der Waals surface area contributed by atoms with E-state index in [1.807, 2.05) is 56.3 Å². The molecule has 1 N–H and O–H groups in total. The van der Waals surface area contributed by atoms with Crippen molar-refractivity contribution in [3.8, 4) is 11.5 Å². The molecular weight excluding hydrogens is 414 g/mol. The molecule has 0 aliphatic carbocycles. The third-order valence-electron chi connectivity index (χ3n) is 5.31. The fraction of sp³-hybridized carbons (Fsp3) is 0.286. The van der Waals surface area contributed by atoms with Gasteiger partial charge in [-0.1, -0.05) is 51.1 Å². The number of benzene rings is 3. The van der Waals surface area contributed by atoms with Gasteiger partial charge in [-0.05, 0) is 79.3 Å². The maximum Gasteiger partial charge on any atom is 0.352 e. The van der Waals surface area contributed by atoms with Crippen LogP contribution in [0.5, 0.6) is 11.5 Å². The van der Waals surface area contributed by atoms with E-state index in [9.17, 15) is 9.59 Å². The van der Waals surface area contributed by atoms with Crippen molar-refractivity contribution in [2.75, 3.05) is 5.32 Å². The number of aryl methyl sites for hydroxylation is 2. The van der Waals surface area contributed by atoms with Crippen molar-refractivity contribution in [1.29, 1.82) is 0 Å². The van der Waals surface area contributed by atoms with E-state index >= 15 is 0 Å². The summed E-state index contributed by atoms with van der Waals surface area (Å²) in [4.78, 5) is 25.2. The van der Waals surface area contributed by atoms with Crippen molar-refractivity contribution in [1.82, 2.24) is 0 Å². The van der Waals surface area contributed by atoms with Crippen LogP contribution in [-0.2, 0) is 10.2 Å². The fourth-order valence-electron chi connectivity index (χ4n) is 3.37. The summed E-state index contributed by atoms with van der Waals surface area (Å²) < 4.78 is 11.4. The van der Waals surface area contributed by atoms with Gasteiger partial charge in [-0.25, -0.2) is 4.79 Å². The first-order valence-electron chi connectivity index (χ1n) is 11.0. The average Bonchev–Trinajstić information content (AvgIpc) is 2.76. The van der Waals surface area contributed by atoms with Crippen molar-refractivity contribution in [2.24, 2.45) is 0 Å². The Morgan fingerprint density at radius 2 is 1.58 bits per heavy atom. The van der Waals surface area contributed by atoms with Gasteiger partial charge in [0.2, 0.25) is 0 Å². The molecule has 3 rings (SSSR count). The number of hydrogen-bond acceptors (Lipinski definition) is 4. The van der Waals surface area contributed by atoms with Gasteiger partial charge in [0.15, 0.2) is 6.10 Å². The molecule has 0 heterocycles. The molecule has 1 unspecified atom stereocenters. The van der Waals surface area contributed by atoms with Crippen LogP contribution in [-0.4, -0.2) is 18.0 Å².